The van der Waals surface area contributed by atoms with E-state index in [1.165, 1.54) is 23.1 Å². The van der Waals surface area contributed by atoms with E-state index >= 15 is 0 Å². The molecule has 0 fully saturated rings. The molecule has 5 aromatic rings. The lowest BCUT2D eigenvalue weighted by Crippen LogP contribution is -2.30. The first-order valence-electron chi connectivity index (χ1n) is 14.6. The first kappa shape index (κ1) is 33.0. The highest BCUT2D eigenvalue weighted by atomic mass is 32.2. The van der Waals surface area contributed by atoms with Crippen molar-refractivity contribution in [2.24, 2.45) is 0 Å². The van der Waals surface area contributed by atoms with E-state index in [0.717, 1.165) is 27.4 Å². The van der Waals surface area contributed by atoms with Crippen molar-refractivity contribution >= 4 is 63.4 Å². The van der Waals surface area contributed by atoms with Crippen LogP contribution in [-0.4, -0.2) is 49.7 Å². The van der Waals surface area contributed by atoms with Gasteiger partial charge < -0.3 is 25.6 Å². The van der Waals surface area contributed by atoms with Crippen molar-refractivity contribution in [1.29, 1.82) is 0 Å². The molecule has 0 atom stereocenters. The van der Waals surface area contributed by atoms with Crippen molar-refractivity contribution in [3.05, 3.63) is 125 Å². The van der Waals surface area contributed by atoms with Crippen LogP contribution in [0.1, 0.15) is 15.9 Å². The van der Waals surface area contributed by atoms with E-state index in [1.807, 2.05) is 91.1 Å². The molecule has 1 heterocycles. The number of carbonyl (C=O) groups excluding carboxylic acids is 3. The lowest BCUT2D eigenvalue weighted by Gasteiger charge is -2.13. The molecular weight excluding hydrogens is 631 g/mol. The van der Waals surface area contributed by atoms with E-state index < -0.39 is 11.8 Å². The molecule has 3 amide bonds. The molecule has 0 bridgehead atoms. The quantitative estimate of drug-likeness (QED) is 0.0971. The number of benzene rings is 4. The molecule has 0 aliphatic rings. The zero-order valence-electron chi connectivity index (χ0n) is 26.0. The van der Waals surface area contributed by atoms with Crippen molar-refractivity contribution in [2.75, 3.05) is 42.5 Å². The van der Waals surface area contributed by atoms with Gasteiger partial charge in [-0.3, -0.25) is 14.4 Å². The van der Waals surface area contributed by atoms with E-state index in [4.69, 9.17) is 4.74 Å². The minimum atomic E-state index is -0.471. The molecule has 47 heavy (non-hydrogen) atoms. The van der Waals surface area contributed by atoms with E-state index in [1.54, 1.807) is 49.6 Å². The molecular formula is C36H33N5O4S2. The largest absolute Gasteiger partial charge is 0.496 e. The number of rotatable bonds is 12. The highest BCUT2D eigenvalue weighted by Crippen LogP contribution is 2.32. The molecule has 0 unspecified atom stereocenters. The van der Waals surface area contributed by atoms with Gasteiger partial charge >= 0.3 is 0 Å². The van der Waals surface area contributed by atoms with Gasteiger partial charge in [-0.1, -0.05) is 42.5 Å². The Morgan fingerprint density at radius 2 is 1.57 bits per heavy atom. The summed E-state index contributed by atoms with van der Waals surface area (Å²) in [6, 6.07) is 31.1. The van der Waals surface area contributed by atoms with Crippen LogP contribution in [0.3, 0.4) is 0 Å². The van der Waals surface area contributed by atoms with E-state index in [0.29, 0.717) is 22.1 Å². The summed E-state index contributed by atoms with van der Waals surface area (Å²) in [5, 5.41) is 10.9. The summed E-state index contributed by atoms with van der Waals surface area (Å²) < 4.78 is 5.41. The maximum Gasteiger partial charge on any atom is 0.272 e. The van der Waals surface area contributed by atoms with Crippen LogP contribution in [0, 0.1) is 0 Å². The Labute approximate surface area is 281 Å². The standard InChI is InChI=1S/C36H33N5O4S2/c1-41(2)27-17-13-24(14-18-27)21-30(38-34(43)25-9-5-4-6-10-25)35(44)37-26-15-19-28(20-16-26)46-23-33(42)40-36-39-31(22-47-36)29-11-7-8-12-32(29)45-3/h4-22H,23H2,1-3H3,(H,37,44)(H,38,43)(H,39,40,42)/b30-21-. The van der Waals surface area contributed by atoms with Crippen LogP contribution >= 0.6 is 23.1 Å². The van der Waals surface area contributed by atoms with Gasteiger partial charge in [0.15, 0.2) is 5.13 Å². The summed E-state index contributed by atoms with van der Waals surface area (Å²) in [4.78, 5) is 46.3. The van der Waals surface area contributed by atoms with Gasteiger partial charge in [0.05, 0.1) is 18.6 Å². The number of amides is 3. The molecule has 4 aromatic carbocycles. The number of para-hydroxylation sites is 1. The number of ether oxygens (including phenoxy) is 1. The van der Waals surface area contributed by atoms with Gasteiger partial charge in [-0.05, 0) is 72.3 Å². The monoisotopic (exact) mass is 663 g/mol. The van der Waals surface area contributed by atoms with E-state index in [9.17, 15) is 14.4 Å². The number of methoxy groups -OCH3 is 1. The third-order valence-electron chi connectivity index (χ3n) is 6.86. The lowest BCUT2D eigenvalue weighted by molar-refractivity contribution is -0.114. The van der Waals surface area contributed by atoms with Gasteiger partial charge in [-0.25, -0.2) is 4.98 Å². The average molecular weight is 664 g/mol. The molecule has 0 aliphatic heterocycles. The highest BCUT2D eigenvalue weighted by Gasteiger charge is 2.16. The van der Waals surface area contributed by atoms with Crippen LogP contribution in [-0.2, 0) is 9.59 Å². The number of aromatic nitrogens is 1. The summed E-state index contributed by atoms with van der Waals surface area (Å²) in [5.41, 5.74) is 4.43. The Morgan fingerprint density at radius 3 is 2.28 bits per heavy atom. The van der Waals surface area contributed by atoms with Crippen LogP contribution < -0.4 is 25.6 Å². The fraction of sp³-hybridized carbons (Fsp3) is 0.111. The molecule has 3 N–H and O–H groups in total. The van der Waals surface area contributed by atoms with Crippen LogP contribution in [0.2, 0.25) is 0 Å². The summed E-state index contributed by atoms with van der Waals surface area (Å²) in [6.07, 6.45) is 1.64. The highest BCUT2D eigenvalue weighted by molar-refractivity contribution is 8.00. The molecule has 5 rings (SSSR count). The van der Waals surface area contributed by atoms with Crippen molar-refractivity contribution < 1.29 is 19.1 Å². The minimum Gasteiger partial charge on any atom is -0.496 e. The van der Waals surface area contributed by atoms with Crippen LogP contribution in [0.5, 0.6) is 5.75 Å². The maximum absolute atomic E-state index is 13.4. The third kappa shape index (κ3) is 9.09. The maximum atomic E-state index is 13.4. The van der Waals surface area contributed by atoms with Gasteiger partial charge in [0.25, 0.3) is 11.8 Å². The summed E-state index contributed by atoms with van der Waals surface area (Å²) in [6.45, 7) is 0. The SMILES string of the molecule is COc1ccccc1-c1csc(NC(=O)CSc2ccc(NC(=O)/C(=C/c3ccc(N(C)C)cc3)NC(=O)c3ccccc3)cc2)n1. The minimum absolute atomic E-state index is 0.0997. The predicted molar refractivity (Wildman–Crippen MR) is 191 cm³/mol. The van der Waals surface area contributed by atoms with E-state index in [2.05, 4.69) is 20.9 Å². The zero-order valence-corrected chi connectivity index (χ0v) is 27.7. The van der Waals surface area contributed by atoms with Crippen molar-refractivity contribution in [2.45, 2.75) is 4.90 Å². The van der Waals surface area contributed by atoms with Crippen LogP contribution in [0.4, 0.5) is 16.5 Å². The number of hydrogen-bond acceptors (Lipinski definition) is 8. The number of anilines is 3. The normalized spacial score (nSPS) is 11.0. The van der Waals surface area contributed by atoms with E-state index in [-0.39, 0.29) is 17.4 Å². The molecule has 11 heteroatoms. The summed E-state index contributed by atoms with van der Waals surface area (Å²) in [7, 11) is 5.51. The third-order valence-corrected chi connectivity index (χ3v) is 8.63. The molecule has 9 nitrogen and oxygen atoms in total. The smallest absolute Gasteiger partial charge is 0.272 e. The van der Waals surface area contributed by atoms with Crippen LogP contribution in [0.25, 0.3) is 17.3 Å². The summed E-state index contributed by atoms with van der Waals surface area (Å²) in [5.74, 6) is -0.154. The number of thiazole rings is 1. The van der Waals surface area contributed by atoms with Gasteiger partial charge in [-0.2, -0.15) is 0 Å². The molecule has 0 saturated heterocycles. The molecule has 0 aliphatic carbocycles. The molecule has 0 spiro atoms. The predicted octanol–water partition coefficient (Wildman–Crippen LogP) is 7.03. The molecule has 1 aromatic heterocycles. The van der Waals surface area contributed by atoms with Crippen molar-refractivity contribution in [1.82, 2.24) is 10.3 Å². The first-order chi connectivity index (χ1) is 22.8. The number of thioether (sulfide) groups is 1. The first-order valence-corrected chi connectivity index (χ1v) is 16.4. The molecule has 0 saturated carbocycles. The number of nitrogens with zero attached hydrogens (tertiary/aromatic N) is 2. The van der Waals surface area contributed by atoms with Gasteiger partial charge in [0, 0.05) is 46.9 Å². The van der Waals surface area contributed by atoms with Crippen LogP contribution in [0.15, 0.2) is 119 Å². The molecule has 238 valence electrons. The fourth-order valence-electron chi connectivity index (χ4n) is 4.43. The Balaban J connectivity index is 1.20. The van der Waals surface area contributed by atoms with Gasteiger partial charge in [0.2, 0.25) is 5.91 Å². The number of nitrogens with one attached hydrogen (secondary N) is 3. The Bertz CT molecular complexity index is 1870. The fourth-order valence-corrected chi connectivity index (χ4v) is 5.85. The average Bonchev–Trinajstić information content (AvgIpc) is 3.56. The molecule has 0 radical (unpaired) electrons. The Hall–Kier alpha value is -5.39. The zero-order chi connectivity index (χ0) is 33.2. The summed E-state index contributed by atoms with van der Waals surface area (Å²) >= 11 is 2.71. The lowest BCUT2D eigenvalue weighted by atomic mass is 10.1. The van der Waals surface area contributed by atoms with Gasteiger partial charge in [-0.15, -0.1) is 23.1 Å². The second kappa shape index (κ2) is 15.7. The Morgan fingerprint density at radius 1 is 0.872 bits per heavy atom. The van der Waals surface area contributed by atoms with Gasteiger partial charge in [0.1, 0.15) is 11.4 Å². The second-order valence-corrected chi connectivity index (χ2v) is 12.3. The second-order valence-electron chi connectivity index (χ2n) is 10.4. The topological polar surface area (TPSA) is 113 Å². The number of carbonyl (C=O) groups is 3. The van der Waals surface area contributed by atoms with Crippen molar-refractivity contribution in [3.63, 3.8) is 0 Å². The Kier molecular flexibility index (Phi) is 11.1. The van der Waals surface area contributed by atoms with Crippen molar-refractivity contribution in [3.8, 4) is 17.0 Å². The number of hydrogen-bond donors (Lipinski definition) is 3.